The number of methoxy groups -OCH3 is 1. The Kier molecular flexibility index (Phi) is 8.09. The highest BCUT2D eigenvalue weighted by molar-refractivity contribution is 6.30. The predicted octanol–water partition coefficient (Wildman–Crippen LogP) is 2.94. The quantitative estimate of drug-likeness (QED) is 0.661. The van der Waals surface area contributed by atoms with Gasteiger partial charge >= 0.3 is 5.97 Å². The number of hydrogen-bond donors (Lipinski definition) is 1. The van der Waals surface area contributed by atoms with Crippen molar-refractivity contribution in [1.82, 2.24) is 10.2 Å². The monoisotopic (exact) mass is 424 g/mol. The molecule has 0 radical (unpaired) electrons. The molecule has 0 saturated heterocycles. The maximum atomic E-state index is 13.6. The van der Waals surface area contributed by atoms with Crippen molar-refractivity contribution in [3.05, 3.63) is 70.2 Å². The van der Waals surface area contributed by atoms with E-state index in [2.05, 4.69) is 10.1 Å². The van der Waals surface area contributed by atoms with Crippen LogP contribution in [-0.4, -0.2) is 42.9 Å². The zero-order valence-corrected chi connectivity index (χ0v) is 16.3. The Morgan fingerprint density at radius 3 is 2.41 bits per heavy atom. The molecule has 2 aromatic rings. The highest BCUT2D eigenvalue weighted by Gasteiger charge is 2.19. The maximum Gasteiger partial charge on any atom is 0.325 e. The summed E-state index contributed by atoms with van der Waals surface area (Å²) < 4.78 is 31.2. The largest absolute Gasteiger partial charge is 0.468 e. The molecule has 2 aromatic carbocycles. The van der Waals surface area contributed by atoms with E-state index in [-0.39, 0.29) is 31.6 Å². The first kappa shape index (κ1) is 22.3. The number of nitrogens with one attached hydrogen (secondary N) is 1. The number of carbonyl (C=O) groups excluding carboxylic acids is 3. The molecule has 154 valence electrons. The summed E-state index contributed by atoms with van der Waals surface area (Å²) in [6, 6.07) is 9.35. The number of carbonyl (C=O) groups is 3. The molecule has 0 fully saturated rings. The molecule has 2 amide bonds. The van der Waals surface area contributed by atoms with E-state index in [0.29, 0.717) is 11.1 Å². The molecule has 0 aromatic heterocycles. The summed E-state index contributed by atoms with van der Waals surface area (Å²) in [5, 5.41) is 2.94. The molecule has 0 bridgehead atoms. The molecule has 6 nitrogen and oxygen atoms in total. The van der Waals surface area contributed by atoms with Crippen LogP contribution in [0.1, 0.15) is 22.3 Å². The van der Waals surface area contributed by atoms with E-state index in [1.807, 2.05) is 0 Å². The molecule has 29 heavy (non-hydrogen) atoms. The Labute approximate surface area is 171 Å². The second kappa shape index (κ2) is 10.5. The minimum Gasteiger partial charge on any atom is -0.468 e. The van der Waals surface area contributed by atoms with Gasteiger partial charge in [-0.15, -0.1) is 0 Å². The minimum atomic E-state index is -0.996. The van der Waals surface area contributed by atoms with Crippen molar-refractivity contribution < 1.29 is 27.9 Å². The standard InChI is InChI=1S/C20H19ClF2N2O4/c1-29-19(27)12-25(11-13-2-4-14(21)5-3-13)18(26)8-9-24-20(28)16-7-6-15(22)10-17(16)23/h2-7,10H,8-9,11-12H2,1H3,(H,24,28). The van der Waals surface area contributed by atoms with Crippen LogP contribution in [0, 0.1) is 11.6 Å². The van der Waals surface area contributed by atoms with Crippen molar-refractivity contribution in [2.75, 3.05) is 20.2 Å². The van der Waals surface area contributed by atoms with Crippen LogP contribution in [0.15, 0.2) is 42.5 Å². The third kappa shape index (κ3) is 6.83. The van der Waals surface area contributed by atoms with E-state index in [1.165, 1.54) is 12.0 Å². The molecule has 0 spiro atoms. The van der Waals surface area contributed by atoms with E-state index in [9.17, 15) is 23.2 Å². The highest BCUT2D eigenvalue weighted by Crippen LogP contribution is 2.13. The molecule has 2 rings (SSSR count). The maximum absolute atomic E-state index is 13.6. The van der Waals surface area contributed by atoms with Crippen LogP contribution < -0.4 is 5.32 Å². The Bertz CT molecular complexity index is 891. The lowest BCUT2D eigenvalue weighted by atomic mass is 10.2. The van der Waals surface area contributed by atoms with Crippen LogP contribution in [0.25, 0.3) is 0 Å². The van der Waals surface area contributed by atoms with Crippen molar-refractivity contribution in [1.29, 1.82) is 0 Å². The van der Waals surface area contributed by atoms with Gasteiger partial charge in [0.25, 0.3) is 5.91 Å². The fourth-order valence-electron chi connectivity index (χ4n) is 2.47. The van der Waals surface area contributed by atoms with Crippen LogP contribution in [0.5, 0.6) is 0 Å². The van der Waals surface area contributed by atoms with Crippen LogP contribution in [0.4, 0.5) is 8.78 Å². The number of benzene rings is 2. The predicted molar refractivity (Wildman–Crippen MR) is 102 cm³/mol. The molecular weight excluding hydrogens is 406 g/mol. The van der Waals surface area contributed by atoms with Crippen LogP contribution in [0.3, 0.4) is 0 Å². The van der Waals surface area contributed by atoms with Gasteiger partial charge in [0.2, 0.25) is 5.91 Å². The van der Waals surface area contributed by atoms with Gasteiger partial charge in [-0.3, -0.25) is 14.4 Å². The topological polar surface area (TPSA) is 75.7 Å². The minimum absolute atomic E-state index is 0.0905. The van der Waals surface area contributed by atoms with Gasteiger partial charge in [-0.2, -0.15) is 0 Å². The lowest BCUT2D eigenvalue weighted by Gasteiger charge is -2.22. The first-order chi connectivity index (χ1) is 13.8. The zero-order chi connectivity index (χ0) is 21.4. The van der Waals surface area contributed by atoms with Crippen molar-refractivity contribution in [2.24, 2.45) is 0 Å². The van der Waals surface area contributed by atoms with Gasteiger partial charge < -0.3 is 15.0 Å². The molecule has 9 heteroatoms. The van der Waals surface area contributed by atoms with Gasteiger partial charge in [0.05, 0.1) is 12.7 Å². The van der Waals surface area contributed by atoms with Gasteiger partial charge in [-0.25, -0.2) is 8.78 Å². The van der Waals surface area contributed by atoms with Crippen molar-refractivity contribution in [2.45, 2.75) is 13.0 Å². The van der Waals surface area contributed by atoms with Gasteiger partial charge in [0.1, 0.15) is 18.2 Å². The zero-order valence-electron chi connectivity index (χ0n) is 15.6. The van der Waals surface area contributed by atoms with Gasteiger partial charge in [-0.05, 0) is 29.8 Å². The molecular formula is C20H19ClF2N2O4. The molecule has 0 atom stereocenters. The summed E-state index contributed by atoms with van der Waals surface area (Å²) in [4.78, 5) is 37.4. The average molecular weight is 425 g/mol. The Morgan fingerprint density at radius 1 is 1.10 bits per heavy atom. The van der Waals surface area contributed by atoms with Crippen LogP contribution in [-0.2, 0) is 20.9 Å². The van der Waals surface area contributed by atoms with E-state index in [1.54, 1.807) is 24.3 Å². The summed E-state index contributed by atoms with van der Waals surface area (Å²) >= 11 is 5.84. The third-order valence-corrected chi connectivity index (χ3v) is 4.24. The molecule has 0 heterocycles. The van der Waals surface area contributed by atoms with Gasteiger partial charge in [0.15, 0.2) is 0 Å². The van der Waals surface area contributed by atoms with Crippen LogP contribution in [0.2, 0.25) is 5.02 Å². The number of ether oxygens (including phenoxy) is 1. The summed E-state index contributed by atoms with van der Waals surface area (Å²) in [5.41, 5.74) is 0.426. The summed E-state index contributed by atoms with van der Waals surface area (Å²) in [6.07, 6.45) is -0.126. The Balaban J connectivity index is 1.96. The molecule has 0 saturated carbocycles. The SMILES string of the molecule is COC(=O)CN(Cc1ccc(Cl)cc1)C(=O)CCNC(=O)c1ccc(F)cc1F. The molecule has 0 unspecified atom stereocenters. The molecule has 0 aliphatic rings. The first-order valence-electron chi connectivity index (χ1n) is 8.62. The number of hydrogen-bond acceptors (Lipinski definition) is 4. The fraction of sp³-hybridized carbons (Fsp3) is 0.250. The van der Waals surface area contributed by atoms with Crippen molar-refractivity contribution >= 4 is 29.4 Å². The number of amides is 2. The van der Waals surface area contributed by atoms with Gasteiger partial charge in [-0.1, -0.05) is 23.7 Å². The Hall–Kier alpha value is -3.00. The highest BCUT2D eigenvalue weighted by atomic mass is 35.5. The second-order valence-electron chi connectivity index (χ2n) is 6.08. The summed E-state index contributed by atoms with van der Waals surface area (Å²) in [5.74, 6) is -3.57. The summed E-state index contributed by atoms with van der Waals surface area (Å²) in [7, 11) is 1.21. The number of rotatable bonds is 8. The number of esters is 1. The van der Waals surface area contributed by atoms with Gasteiger partial charge in [0, 0.05) is 30.6 Å². The lowest BCUT2D eigenvalue weighted by Crippen LogP contribution is -2.38. The van der Waals surface area contributed by atoms with E-state index in [0.717, 1.165) is 17.7 Å². The first-order valence-corrected chi connectivity index (χ1v) is 9.00. The molecule has 0 aliphatic carbocycles. The molecule has 1 N–H and O–H groups in total. The lowest BCUT2D eigenvalue weighted by molar-refractivity contribution is -0.147. The fourth-order valence-corrected chi connectivity index (χ4v) is 2.60. The third-order valence-electron chi connectivity index (χ3n) is 3.99. The van der Waals surface area contributed by atoms with E-state index >= 15 is 0 Å². The Morgan fingerprint density at radius 2 is 1.79 bits per heavy atom. The second-order valence-corrected chi connectivity index (χ2v) is 6.52. The number of halogens is 3. The molecule has 0 aliphatic heterocycles. The number of nitrogens with zero attached hydrogens (tertiary/aromatic N) is 1. The smallest absolute Gasteiger partial charge is 0.325 e. The van der Waals surface area contributed by atoms with Crippen molar-refractivity contribution in [3.63, 3.8) is 0 Å². The van der Waals surface area contributed by atoms with E-state index in [4.69, 9.17) is 11.6 Å². The van der Waals surface area contributed by atoms with Crippen LogP contribution >= 0.6 is 11.6 Å². The average Bonchev–Trinajstić information content (AvgIpc) is 2.68. The summed E-state index contributed by atoms with van der Waals surface area (Å²) in [6.45, 7) is -0.211. The van der Waals surface area contributed by atoms with E-state index < -0.39 is 29.4 Å². The normalized spacial score (nSPS) is 10.3. The van der Waals surface area contributed by atoms with Crippen molar-refractivity contribution in [3.8, 4) is 0 Å².